The fourth-order valence-electron chi connectivity index (χ4n) is 2.98. The zero-order valence-electron chi connectivity index (χ0n) is 12.7. The Morgan fingerprint density at radius 2 is 1.91 bits per heavy atom. The standard InChI is InChI=1S/C8H7BrN2O.C8H14O2/c1-12-8-3-7-5(2-6(8)9)4-10-11-7;1-2-4-8(5-3-1)9-6-7-10-8/h2-4H,1H3,(H,10,11);1-7H2. The molecule has 1 aromatic carbocycles. The van der Waals surface area contributed by atoms with Crippen LogP contribution in [-0.4, -0.2) is 36.3 Å². The van der Waals surface area contributed by atoms with Gasteiger partial charge in [0.15, 0.2) is 5.79 Å². The van der Waals surface area contributed by atoms with E-state index in [-0.39, 0.29) is 5.79 Å². The summed E-state index contributed by atoms with van der Waals surface area (Å²) in [5.74, 6) is 0.685. The average molecular weight is 369 g/mol. The molecule has 120 valence electrons. The summed E-state index contributed by atoms with van der Waals surface area (Å²) in [6, 6.07) is 3.88. The van der Waals surface area contributed by atoms with Crippen LogP contribution in [0.2, 0.25) is 0 Å². The minimum atomic E-state index is -0.127. The quantitative estimate of drug-likeness (QED) is 0.825. The molecule has 0 amide bonds. The first kappa shape index (κ1) is 15.8. The van der Waals surface area contributed by atoms with Gasteiger partial charge in [-0.3, -0.25) is 5.10 Å². The molecule has 2 aliphatic rings. The number of nitrogens with one attached hydrogen (secondary N) is 1. The van der Waals surface area contributed by atoms with Crippen LogP contribution in [0, 0.1) is 0 Å². The number of methoxy groups -OCH3 is 1. The van der Waals surface area contributed by atoms with Crippen molar-refractivity contribution in [2.24, 2.45) is 0 Å². The number of halogens is 1. The summed E-state index contributed by atoms with van der Waals surface area (Å²) in [5.41, 5.74) is 0.982. The maximum absolute atomic E-state index is 5.56. The summed E-state index contributed by atoms with van der Waals surface area (Å²) < 4.78 is 17.2. The fraction of sp³-hybridized carbons (Fsp3) is 0.562. The monoisotopic (exact) mass is 368 g/mol. The Bertz CT molecular complexity index is 615. The van der Waals surface area contributed by atoms with Crippen LogP contribution in [0.4, 0.5) is 0 Å². The maximum atomic E-state index is 5.56. The summed E-state index contributed by atoms with van der Waals surface area (Å²) in [4.78, 5) is 0. The molecule has 1 N–H and O–H groups in total. The molecule has 2 aromatic rings. The van der Waals surface area contributed by atoms with Gasteiger partial charge in [0.2, 0.25) is 0 Å². The molecule has 4 rings (SSSR count). The number of ether oxygens (including phenoxy) is 3. The minimum absolute atomic E-state index is 0.127. The molecule has 0 atom stereocenters. The number of fused-ring (bicyclic) bond motifs is 1. The molecule has 1 saturated carbocycles. The molecule has 22 heavy (non-hydrogen) atoms. The lowest BCUT2D eigenvalue weighted by atomic mass is 9.94. The fourth-order valence-corrected chi connectivity index (χ4v) is 3.50. The van der Waals surface area contributed by atoms with Crippen molar-refractivity contribution in [1.82, 2.24) is 10.2 Å². The zero-order valence-corrected chi connectivity index (χ0v) is 14.3. The van der Waals surface area contributed by atoms with Crippen molar-refractivity contribution in [3.05, 3.63) is 22.8 Å². The molecule has 2 heterocycles. The first-order valence-corrected chi connectivity index (χ1v) is 8.46. The molecular formula is C16H21BrN2O3. The number of hydrogen-bond acceptors (Lipinski definition) is 4. The van der Waals surface area contributed by atoms with Crippen molar-refractivity contribution in [3.8, 4) is 5.75 Å². The van der Waals surface area contributed by atoms with Crippen molar-refractivity contribution in [3.63, 3.8) is 0 Å². The third-order valence-electron chi connectivity index (χ3n) is 4.14. The molecule has 0 unspecified atom stereocenters. The van der Waals surface area contributed by atoms with E-state index in [2.05, 4.69) is 26.1 Å². The Balaban J connectivity index is 0.000000133. The Kier molecular flexibility index (Phi) is 5.00. The van der Waals surface area contributed by atoms with E-state index in [9.17, 15) is 0 Å². The van der Waals surface area contributed by atoms with E-state index in [0.717, 1.165) is 47.2 Å². The molecule has 2 fully saturated rings. The molecule has 1 saturated heterocycles. The van der Waals surface area contributed by atoms with Crippen LogP contribution >= 0.6 is 15.9 Å². The van der Waals surface area contributed by atoms with Crippen LogP contribution in [0.25, 0.3) is 10.9 Å². The number of rotatable bonds is 1. The molecule has 0 bridgehead atoms. The van der Waals surface area contributed by atoms with Crippen molar-refractivity contribution in [1.29, 1.82) is 0 Å². The number of H-pyrrole nitrogens is 1. The Morgan fingerprint density at radius 1 is 1.18 bits per heavy atom. The van der Waals surface area contributed by atoms with Crippen LogP contribution in [-0.2, 0) is 9.47 Å². The number of benzene rings is 1. The van der Waals surface area contributed by atoms with E-state index < -0.39 is 0 Å². The van der Waals surface area contributed by atoms with Gasteiger partial charge in [0, 0.05) is 24.3 Å². The van der Waals surface area contributed by atoms with Gasteiger partial charge in [-0.25, -0.2) is 0 Å². The molecule has 1 spiro atoms. The highest BCUT2D eigenvalue weighted by molar-refractivity contribution is 9.10. The van der Waals surface area contributed by atoms with Crippen LogP contribution in [0.3, 0.4) is 0 Å². The van der Waals surface area contributed by atoms with Crippen molar-refractivity contribution in [2.75, 3.05) is 20.3 Å². The van der Waals surface area contributed by atoms with Crippen LogP contribution in [0.5, 0.6) is 5.75 Å². The molecule has 0 radical (unpaired) electrons. The number of aromatic amines is 1. The number of aromatic nitrogens is 2. The first-order valence-electron chi connectivity index (χ1n) is 7.67. The van der Waals surface area contributed by atoms with Gasteiger partial charge in [0.1, 0.15) is 5.75 Å². The average Bonchev–Trinajstić information content (AvgIpc) is 3.17. The van der Waals surface area contributed by atoms with Gasteiger partial charge in [-0.05, 0) is 34.8 Å². The lowest BCUT2D eigenvalue weighted by Crippen LogP contribution is -2.32. The second-order valence-electron chi connectivity index (χ2n) is 5.61. The van der Waals surface area contributed by atoms with Crippen molar-refractivity contribution in [2.45, 2.75) is 37.9 Å². The highest BCUT2D eigenvalue weighted by Crippen LogP contribution is 2.35. The predicted molar refractivity (Wildman–Crippen MR) is 88.1 cm³/mol. The second kappa shape index (κ2) is 6.98. The van der Waals surface area contributed by atoms with Gasteiger partial charge in [-0.15, -0.1) is 0 Å². The minimum Gasteiger partial charge on any atom is -0.495 e. The molecule has 1 aromatic heterocycles. The van der Waals surface area contributed by atoms with E-state index in [0.29, 0.717) is 0 Å². The van der Waals surface area contributed by atoms with Crippen molar-refractivity contribution < 1.29 is 14.2 Å². The largest absolute Gasteiger partial charge is 0.495 e. The normalized spacial score (nSPS) is 19.9. The topological polar surface area (TPSA) is 56.4 Å². The smallest absolute Gasteiger partial charge is 0.168 e. The molecule has 6 heteroatoms. The van der Waals surface area contributed by atoms with Crippen LogP contribution in [0.15, 0.2) is 22.8 Å². The van der Waals surface area contributed by atoms with Crippen molar-refractivity contribution >= 4 is 26.8 Å². The van der Waals surface area contributed by atoms with E-state index in [1.165, 1.54) is 19.3 Å². The Labute approximate surface area is 138 Å². The van der Waals surface area contributed by atoms with Crippen LogP contribution in [0.1, 0.15) is 32.1 Å². The lowest BCUT2D eigenvalue weighted by Gasteiger charge is -2.30. The number of nitrogens with zero attached hydrogens (tertiary/aromatic N) is 1. The van der Waals surface area contributed by atoms with Gasteiger partial charge >= 0.3 is 0 Å². The summed E-state index contributed by atoms with van der Waals surface area (Å²) in [5, 5.41) is 7.86. The van der Waals surface area contributed by atoms with Gasteiger partial charge in [0.05, 0.1) is 36.5 Å². The van der Waals surface area contributed by atoms with E-state index >= 15 is 0 Å². The molecule has 5 nitrogen and oxygen atoms in total. The SMILES string of the molecule is C1CCC2(CC1)OCCO2.COc1cc2[nH]ncc2cc1Br. The molecular weight excluding hydrogens is 348 g/mol. The molecule has 1 aliphatic heterocycles. The zero-order chi connectivity index (χ0) is 15.4. The Hall–Kier alpha value is -1.11. The second-order valence-corrected chi connectivity index (χ2v) is 6.47. The van der Waals surface area contributed by atoms with Gasteiger partial charge in [-0.2, -0.15) is 5.10 Å². The van der Waals surface area contributed by atoms with Crippen LogP contribution < -0.4 is 4.74 Å². The summed E-state index contributed by atoms with van der Waals surface area (Å²) in [6.07, 6.45) is 7.92. The summed E-state index contributed by atoms with van der Waals surface area (Å²) in [6.45, 7) is 1.61. The third-order valence-corrected chi connectivity index (χ3v) is 4.76. The highest BCUT2D eigenvalue weighted by atomic mass is 79.9. The number of hydrogen-bond donors (Lipinski definition) is 1. The Morgan fingerprint density at radius 3 is 2.59 bits per heavy atom. The van der Waals surface area contributed by atoms with E-state index in [1.54, 1.807) is 13.3 Å². The van der Waals surface area contributed by atoms with Gasteiger partial charge in [0.25, 0.3) is 0 Å². The lowest BCUT2D eigenvalue weighted by molar-refractivity contribution is -0.176. The van der Waals surface area contributed by atoms with E-state index in [1.807, 2.05) is 12.1 Å². The highest BCUT2D eigenvalue weighted by Gasteiger charge is 2.37. The first-order chi connectivity index (χ1) is 10.7. The molecule has 1 aliphatic carbocycles. The third kappa shape index (κ3) is 3.45. The predicted octanol–water partition coefficient (Wildman–Crippen LogP) is 4.03. The van der Waals surface area contributed by atoms with E-state index in [4.69, 9.17) is 14.2 Å². The maximum Gasteiger partial charge on any atom is 0.168 e. The summed E-state index contributed by atoms with van der Waals surface area (Å²) >= 11 is 3.40. The summed E-state index contributed by atoms with van der Waals surface area (Å²) in [7, 11) is 1.64. The van der Waals surface area contributed by atoms with Gasteiger partial charge < -0.3 is 14.2 Å². The van der Waals surface area contributed by atoms with Gasteiger partial charge in [-0.1, -0.05) is 6.42 Å².